The zero-order chi connectivity index (χ0) is 46.5. The number of rotatable bonds is 22. The molecule has 5 rings (SSSR count). The van der Waals surface area contributed by atoms with Gasteiger partial charge < -0.3 is 81.4 Å². The second-order valence-corrected chi connectivity index (χ2v) is 16.8. The molecule has 14 N–H and O–H groups in total. The molecule has 2 unspecified atom stereocenters. The highest BCUT2D eigenvalue weighted by atomic mass is 31.2. The average molecular weight is 918 g/mol. The Morgan fingerprint density at radius 2 is 1.65 bits per heavy atom. The molecule has 26 nitrogen and oxygen atoms in total. The highest BCUT2D eigenvalue weighted by Crippen LogP contribution is 2.46. The van der Waals surface area contributed by atoms with E-state index < -0.39 is 126 Å². The monoisotopic (exact) mass is 917 g/mol. The quantitative estimate of drug-likeness (QED) is 0.0527. The van der Waals surface area contributed by atoms with Gasteiger partial charge >= 0.3 is 25.7 Å². The van der Waals surface area contributed by atoms with E-state index in [1.165, 1.54) is 0 Å². The third kappa shape index (κ3) is 12.2. The third-order valence-electron chi connectivity index (χ3n) is 10.8. The largest absolute Gasteiger partial charge is 0.481 e. The minimum atomic E-state index is -5.33. The molecular formula is C36H52N7O19P. The lowest BCUT2D eigenvalue weighted by molar-refractivity contribution is -0.192. The van der Waals surface area contributed by atoms with Crippen molar-refractivity contribution in [2.45, 2.75) is 119 Å². The van der Waals surface area contributed by atoms with Crippen LogP contribution in [0.5, 0.6) is 0 Å². The number of phosphoric acid groups is 1. The number of nitrogens with one attached hydrogen (secondary N) is 3. The minimum absolute atomic E-state index is 0.000915. The number of carboxylic acid groups (broad SMARTS) is 3. The van der Waals surface area contributed by atoms with Crippen LogP contribution in [0.3, 0.4) is 0 Å². The summed E-state index contributed by atoms with van der Waals surface area (Å²) in [6.07, 6.45) is -17.0. The van der Waals surface area contributed by atoms with Gasteiger partial charge in [0.1, 0.15) is 48.4 Å². The van der Waals surface area contributed by atoms with Crippen LogP contribution in [0.1, 0.15) is 45.1 Å². The average Bonchev–Trinajstić information content (AvgIpc) is 3.69. The van der Waals surface area contributed by atoms with Gasteiger partial charge in [0, 0.05) is 31.0 Å². The smallest absolute Gasteiger partial charge is 0.473 e. The highest BCUT2D eigenvalue weighted by Gasteiger charge is 2.47. The first-order chi connectivity index (χ1) is 29.6. The number of H-pyrrole nitrogens is 1. The number of hydrogen-bond donors (Lipinski definition) is 13. The highest BCUT2D eigenvalue weighted by molar-refractivity contribution is 7.47. The maximum absolute atomic E-state index is 12.8. The van der Waals surface area contributed by atoms with Crippen LogP contribution in [0.15, 0.2) is 29.1 Å². The molecule has 0 spiro atoms. The van der Waals surface area contributed by atoms with Gasteiger partial charge in [-0.2, -0.15) is 4.98 Å². The van der Waals surface area contributed by atoms with E-state index in [4.69, 9.17) is 34.5 Å². The van der Waals surface area contributed by atoms with E-state index in [1.807, 2.05) is 36.2 Å². The lowest BCUT2D eigenvalue weighted by atomic mass is 9.98. The lowest BCUT2D eigenvalue weighted by Gasteiger charge is -2.37. The van der Waals surface area contributed by atoms with Crippen molar-refractivity contribution < 1.29 is 88.0 Å². The predicted molar refractivity (Wildman–Crippen MR) is 214 cm³/mol. The van der Waals surface area contributed by atoms with Crippen molar-refractivity contribution in [1.82, 2.24) is 15.3 Å². The number of nitrogens with two attached hydrogens (primary N) is 1. The minimum Gasteiger partial charge on any atom is -0.481 e. The number of nitrogen functional groups attached to an aromatic ring is 1. The van der Waals surface area contributed by atoms with E-state index >= 15 is 0 Å². The molecule has 27 heteroatoms. The fraction of sp³-hybridized carbons (Fsp3) is 0.611. The number of nitrogens with zero attached hydrogens (tertiary/aromatic N) is 3. The van der Waals surface area contributed by atoms with Crippen molar-refractivity contribution in [3.05, 3.63) is 40.2 Å². The van der Waals surface area contributed by atoms with Crippen molar-refractivity contribution in [2.75, 3.05) is 40.7 Å². The Hall–Kier alpha value is -4.99. The molecule has 63 heavy (non-hydrogen) atoms. The van der Waals surface area contributed by atoms with E-state index in [2.05, 4.69) is 20.2 Å². The molecule has 1 aromatic heterocycles. The maximum atomic E-state index is 12.8. The zero-order valence-corrected chi connectivity index (χ0v) is 34.8. The fourth-order valence-electron chi connectivity index (χ4n) is 7.57. The summed E-state index contributed by atoms with van der Waals surface area (Å²) in [7, 11) is -5.33. The topological polar surface area (TPSA) is 407 Å². The Labute approximate surface area is 357 Å². The number of phosphoric ester groups is 1. The molecule has 3 aliphatic rings. The number of aliphatic hydroxyl groups excluding tert-OH is 5. The zero-order valence-electron chi connectivity index (χ0n) is 33.9. The summed E-state index contributed by atoms with van der Waals surface area (Å²) in [5.41, 5.74) is 7.19. The van der Waals surface area contributed by atoms with E-state index in [-0.39, 0.29) is 36.1 Å². The normalized spacial score (nSPS) is 26.3. The number of benzene rings is 1. The molecular weight excluding hydrogens is 865 g/mol. The Balaban J connectivity index is 1.10. The number of carboxylic acids is 3. The molecule has 2 aromatic rings. The number of amides is 1. The molecule has 350 valence electrons. The SMILES string of the molecule is C[C@@H]1Nc2nc(N)[nH]c(=O)c2N2CN(c3ccc(C[C@H](O)[C@H](O)[C@H](O)CO[C@H]4O[C@H](COP(=O)(O)O[C@@H](CCC(=O)O)C(=O)NC(CCC(=O)O)C(=O)O)[C@@H](O)[C@H]4O)cc3)[C@H](C)[C@@H]12. The molecule has 13 atom stereocenters. The number of aromatic amines is 1. The van der Waals surface area contributed by atoms with Crippen molar-refractivity contribution in [2.24, 2.45) is 0 Å². The van der Waals surface area contributed by atoms with Crippen LogP contribution < -0.4 is 31.7 Å². The van der Waals surface area contributed by atoms with Gasteiger partial charge in [0.15, 0.2) is 12.1 Å². The third-order valence-corrected chi connectivity index (χ3v) is 11.8. The van der Waals surface area contributed by atoms with Crippen LogP contribution in [0, 0.1) is 0 Å². The molecule has 3 aliphatic heterocycles. The molecule has 0 saturated carbocycles. The summed E-state index contributed by atoms with van der Waals surface area (Å²) in [5.74, 6) is -5.46. The number of hydrogen-bond acceptors (Lipinski definition) is 20. The Bertz CT molecular complexity index is 2060. The molecule has 2 fully saturated rings. The first-order valence-electron chi connectivity index (χ1n) is 19.6. The number of carbonyl (C=O) groups excluding carboxylic acids is 1. The Morgan fingerprint density at radius 1 is 1.00 bits per heavy atom. The second-order valence-electron chi connectivity index (χ2n) is 15.4. The molecule has 0 bridgehead atoms. The summed E-state index contributed by atoms with van der Waals surface area (Å²) >= 11 is 0. The Kier molecular flexibility index (Phi) is 16.1. The van der Waals surface area contributed by atoms with Gasteiger partial charge in [-0.05, 0) is 44.4 Å². The van der Waals surface area contributed by atoms with Crippen molar-refractivity contribution in [1.29, 1.82) is 0 Å². The number of ether oxygens (including phenoxy) is 2. The van der Waals surface area contributed by atoms with E-state index in [0.29, 0.717) is 23.7 Å². The number of carbonyl (C=O) groups is 4. The van der Waals surface area contributed by atoms with Gasteiger partial charge in [-0.3, -0.25) is 33.2 Å². The van der Waals surface area contributed by atoms with Gasteiger partial charge in [0.25, 0.3) is 11.5 Å². The molecule has 0 aliphatic carbocycles. The molecule has 2 saturated heterocycles. The number of fused-ring (bicyclic) bond motifs is 3. The van der Waals surface area contributed by atoms with Crippen molar-refractivity contribution in [3.8, 4) is 0 Å². The summed E-state index contributed by atoms with van der Waals surface area (Å²) in [6, 6.07) is 5.12. The summed E-state index contributed by atoms with van der Waals surface area (Å²) < 4.78 is 33.1. The van der Waals surface area contributed by atoms with Crippen LogP contribution in [0.2, 0.25) is 0 Å². The van der Waals surface area contributed by atoms with Crippen LogP contribution >= 0.6 is 7.82 Å². The number of aliphatic carboxylic acids is 3. The van der Waals surface area contributed by atoms with E-state index in [9.17, 15) is 64.1 Å². The molecule has 4 heterocycles. The second kappa shape index (κ2) is 20.7. The number of anilines is 4. The van der Waals surface area contributed by atoms with E-state index in [1.54, 1.807) is 12.1 Å². The number of aliphatic hydroxyl groups is 5. The van der Waals surface area contributed by atoms with Crippen LogP contribution in [0.4, 0.5) is 23.1 Å². The van der Waals surface area contributed by atoms with Gasteiger partial charge in [0.2, 0.25) is 5.95 Å². The van der Waals surface area contributed by atoms with Crippen molar-refractivity contribution in [3.63, 3.8) is 0 Å². The first-order valence-corrected chi connectivity index (χ1v) is 21.1. The molecule has 0 radical (unpaired) electrons. The summed E-state index contributed by atoms with van der Waals surface area (Å²) in [4.78, 5) is 80.2. The van der Waals surface area contributed by atoms with E-state index in [0.717, 1.165) is 5.69 Å². The van der Waals surface area contributed by atoms with Gasteiger partial charge in [-0.1, -0.05) is 12.1 Å². The van der Waals surface area contributed by atoms with Crippen LogP contribution in [0.25, 0.3) is 0 Å². The summed E-state index contributed by atoms with van der Waals surface area (Å²) in [5, 5.41) is 85.4. The standard InChI is InChI=1S/C36H52N7O19P/c1-15-26-16(2)42(14-43(26)27-31(38-15)40-36(37)41-33(27)54)18-5-3-17(4-6-18)11-20(44)28(50)21(45)12-59-35-30(52)29(51)23(61-35)13-60-63(57,58)62-22(8-10-25(48)49)32(53)39-19(34(55)56)7-9-24(46)47/h3-6,15-16,19-23,26,28-30,35,44-45,50-52H,7-14H2,1-2H3,(H,39,53)(H,46,47)(H,48,49)(H,55,56)(H,57,58)(H4,37,38,40,41,54)/t15-,16+,19?,20-,21+,22-,23+,26+,28-,29+,30+,35-/m0/s1. The van der Waals surface area contributed by atoms with Gasteiger partial charge in [-0.25, -0.2) is 9.36 Å². The van der Waals surface area contributed by atoms with Gasteiger partial charge in [0.05, 0.1) is 38.1 Å². The van der Waals surface area contributed by atoms with Crippen LogP contribution in [-0.2, 0) is 48.7 Å². The molecule has 1 amide bonds. The fourth-order valence-corrected chi connectivity index (χ4v) is 8.49. The summed E-state index contributed by atoms with van der Waals surface area (Å²) in [6.45, 7) is 2.66. The maximum Gasteiger partial charge on any atom is 0.473 e. The number of aromatic nitrogens is 2. The predicted octanol–water partition coefficient (Wildman–Crippen LogP) is -2.90. The lowest BCUT2D eigenvalue weighted by Crippen LogP contribution is -2.52. The Morgan fingerprint density at radius 3 is 2.29 bits per heavy atom. The van der Waals surface area contributed by atoms with Crippen molar-refractivity contribution >= 4 is 54.8 Å². The first kappa shape index (κ1) is 49.0. The molecule has 1 aromatic carbocycles. The van der Waals surface area contributed by atoms with Crippen LogP contribution in [-0.4, -0.2) is 173 Å². The van der Waals surface area contributed by atoms with Gasteiger partial charge in [-0.15, -0.1) is 0 Å².